The van der Waals surface area contributed by atoms with Crippen LogP contribution in [-0.4, -0.2) is 57.2 Å². The van der Waals surface area contributed by atoms with Gasteiger partial charge in [-0.2, -0.15) is 0 Å². The molecule has 0 atom stereocenters. The van der Waals surface area contributed by atoms with E-state index < -0.39 is 0 Å². The molecular formula is C24H28N4O2S. The van der Waals surface area contributed by atoms with E-state index in [4.69, 9.17) is 0 Å². The van der Waals surface area contributed by atoms with Gasteiger partial charge in [0.15, 0.2) is 5.16 Å². The molecule has 0 N–H and O–H groups in total. The number of carbonyl (C=O) groups excluding carboxylic acids is 1. The van der Waals surface area contributed by atoms with E-state index in [1.807, 2.05) is 42.2 Å². The molecule has 0 radical (unpaired) electrons. The van der Waals surface area contributed by atoms with Crippen molar-refractivity contribution in [3.05, 3.63) is 70.5 Å². The summed E-state index contributed by atoms with van der Waals surface area (Å²) in [6.07, 6.45) is 0.838. The zero-order valence-electron chi connectivity index (χ0n) is 17.9. The fraction of sp³-hybridized carbons (Fsp3) is 0.375. The second-order valence-corrected chi connectivity index (χ2v) is 8.74. The molecule has 0 aliphatic carbocycles. The Morgan fingerprint density at radius 3 is 2.45 bits per heavy atom. The van der Waals surface area contributed by atoms with Gasteiger partial charge in [-0.25, -0.2) is 4.98 Å². The first-order chi connectivity index (χ1) is 15.2. The third-order valence-corrected chi connectivity index (χ3v) is 6.53. The minimum absolute atomic E-state index is 0.0306. The van der Waals surface area contributed by atoms with E-state index in [0.717, 1.165) is 39.1 Å². The summed E-state index contributed by atoms with van der Waals surface area (Å²) >= 11 is 1.37. The summed E-state index contributed by atoms with van der Waals surface area (Å²) in [7, 11) is 0. The van der Waals surface area contributed by atoms with E-state index in [-0.39, 0.29) is 11.5 Å². The Morgan fingerprint density at radius 2 is 1.71 bits per heavy atom. The van der Waals surface area contributed by atoms with Crippen LogP contribution < -0.4 is 5.56 Å². The van der Waals surface area contributed by atoms with Crippen molar-refractivity contribution in [3.63, 3.8) is 0 Å². The number of nitrogens with zero attached hydrogens (tertiary/aromatic N) is 4. The quantitative estimate of drug-likeness (QED) is 0.420. The lowest BCUT2D eigenvalue weighted by Crippen LogP contribution is -2.48. The summed E-state index contributed by atoms with van der Waals surface area (Å²) < 4.78 is 1.71. The van der Waals surface area contributed by atoms with Crippen molar-refractivity contribution in [1.29, 1.82) is 0 Å². The number of fused-ring (bicyclic) bond motifs is 1. The van der Waals surface area contributed by atoms with Crippen LogP contribution in [0.3, 0.4) is 0 Å². The lowest BCUT2D eigenvalue weighted by Gasteiger charge is -2.34. The van der Waals surface area contributed by atoms with Gasteiger partial charge in [-0.05, 0) is 24.1 Å². The molecule has 6 nitrogen and oxygen atoms in total. The number of benzene rings is 2. The fourth-order valence-electron chi connectivity index (χ4n) is 3.89. The highest BCUT2D eigenvalue weighted by atomic mass is 32.2. The van der Waals surface area contributed by atoms with Crippen LogP contribution in [0.5, 0.6) is 0 Å². The second kappa shape index (κ2) is 10.1. The zero-order chi connectivity index (χ0) is 21.6. The highest BCUT2D eigenvalue weighted by Crippen LogP contribution is 2.19. The van der Waals surface area contributed by atoms with Gasteiger partial charge in [-0.15, -0.1) is 0 Å². The number of para-hydroxylation sites is 1. The molecule has 7 heteroatoms. The van der Waals surface area contributed by atoms with Gasteiger partial charge in [0.2, 0.25) is 5.91 Å². The molecule has 1 fully saturated rings. The second-order valence-electron chi connectivity index (χ2n) is 7.80. The SMILES string of the molecule is CCCn1c(SCC(=O)N2CCN(Cc3ccccc3)CC2)nc2ccccc2c1=O. The summed E-state index contributed by atoms with van der Waals surface area (Å²) in [5.41, 5.74) is 1.95. The van der Waals surface area contributed by atoms with E-state index in [1.165, 1.54) is 17.3 Å². The summed E-state index contributed by atoms with van der Waals surface area (Å²) in [6.45, 7) is 6.78. The molecule has 2 heterocycles. The first kappa shape index (κ1) is 21.6. The smallest absolute Gasteiger partial charge is 0.262 e. The van der Waals surface area contributed by atoms with Crippen LogP contribution >= 0.6 is 11.8 Å². The number of piperazine rings is 1. The molecule has 1 saturated heterocycles. The van der Waals surface area contributed by atoms with Crippen molar-refractivity contribution >= 4 is 28.6 Å². The Kier molecular flexibility index (Phi) is 7.04. The number of hydrogen-bond donors (Lipinski definition) is 0. The van der Waals surface area contributed by atoms with Crippen molar-refractivity contribution < 1.29 is 4.79 Å². The maximum Gasteiger partial charge on any atom is 0.262 e. The van der Waals surface area contributed by atoms with Gasteiger partial charge in [0.1, 0.15) is 0 Å². The highest BCUT2D eigenvalue weighted by Gasteiger charge is 2.22. The normalized spacial score (nSPS) is 14.8. The van der Waals surface area contributed by atoms with Crippen molar-refractivity contribution in [2.24, 2.45) is 0 Å². The molecule has 0 spiro atoms. The van der Waals surface area contributed by atoms with Crippen molar-refractivity contribution in [2.75, 3.05) is 31.9 Å². The number of amides is 1. The van der Waals surface area contributed by atoms with E-state index in [0.29, 0.717) is 28.4 Å². The maximum absolute atomic E-state index is 12.9. The number of thioether (sulfide) groups is 1. The van der Waals surface area contributed by atoms with Crippen LogP contribution in [0.4, 0.5) is 0 Å². The molecule has 3 aromatic rings. The standard InChI is InChI=1S/C24H28N4O2S/c1-2-12-28-23(30)20-10-6-7-11-21(20)25-24(28)31-18-22(29)27-15-13-26(14-16-27)17-19-8-4-3-5-9-19/h3-11H,2,12-18H2,1H3. The van der Waals surface area contributed by atoms with Gasteiger partial charge < -0.3 is 4.90 Å². The molecule has 1 aliphatic rings. The molecule has 0 unspecified atom stereocenters. The van der Waals surface area contributed by atoms with Gasteiger partial charge in [0.25, 0.3) is 5.56 Å². The zero-order valence-corrected chi connectivity index (χ0v) is 18.7. The molecule has 31 heavy (non-hydrogen) atoms. The fourth-order valence-corrected chi connectivity index (χ4v) is 4.82. The van der Waals surface area contributed by atoms with Gasteiger partial charge >= 0.3 is 0 Å². The third kappa shape index (κ3) is 5.17. The van der Waals surface area contributed by atoms with E-state index in [1.54, 1.807) is 4.57 Å². The third-order valence-electron chi connectivity index (χ3n) is 5.57. The molecule has 1 aliphatic heterocycles. The maximum atomic E-state index is 12.9. The lowest BCUT2D eigenvalue weighted by atomic mass is 10.2. The first-order valence-corrected chi connectivity index (χ1v) is 11.8. The minimum Gasteiger partial charge on any atom is -0.339 e. The monoisotopic (exact) mass is 436 g/mol. The summed E-state index contributed by atoms with van der Waals surface area (Å²) in [5, 5.41) is 1.25. The van der Waals surface area contributed by atoms with E-state index in [9.17, 15) is 9.59 Å². The Hall–Kier alpha value is -2.64. The number of carbonyl (C=O) groups is 1. The van der Waals surface area contributed by atoms with Crippen molar-refractivity contribution in [2.45, 2.75) is 31.6 Å². The number of rotatable bonds is 7. The van der Waals surface area contributed by atoms with Crippen LogP contribution in [-0.2, 0) is 17.9 Å². The molecule has 0 bridgehead atoms. The van der Waals surface area contributed by atoms with Gasteiger partial charge in [-0.1, -0.05) is 61.2 Å². The van der Waals surface area contributed by atoms with Crippen LogP contribution in [0.15, 0.2) is 64.5 Å². The largest absolute Gasteiger partial charge is 0.339 e. The number of aromatic nitrogens is 2. The Morgan fingerprint density at radius 1 is 1.00 bits per heavy atom. The molecule has 1 amide bonds. The summed E-state index contributed by atoms with van der Waals surface area (Å²) in [6, 6.07) is 17.8. The lowest BCUT2D eigenvalue weighted by molar-refractivity contribution is -0.130. The molecule has 0 saturated carbocycles. The Bertz CT molecular complexity index is 1090. The molecular weight excluding hydrogens is 408 g/mol. The molecule has 162 valence electrons. The number of hydrogen-bond acceptors (Lipinski definition) is 5. The molecule has 1 aromatic heterocycles. The first-order valence-electron chi connectivity index (χ1n) is 10.8. The van der Waals surface area contributed by atoms with E-state index in [2.05, 4.69) is 34.1 Å². The summed E-state index contributed by atoms with van der Waals surface area (Å²) in [4.78, 5) is 34.7. The average molecular weight is 437 g/mol. The van der Waals surface area contributed by atoms with Crippen LogP contribution in [0.25, 0.3) is 10.9 Å². The van der Waals surface area contributed by atoms with Crippen LogP contribution in [0.1, 0.15) is 18.9 Å². The Labute approximate surface area is 186 Å². The predicted octanol–water partition coefficient (Wildman–Crippen LogP) is 3.24. The Balaban J connectivity index is 1.37. The van der Waals surface area contributed by atoms with Gasteiger partial charge in [0.05, 0.1) is 16.7 Å². The van der Waals surface area contributed by atoms with Crippen LogP contribution in [0, 0.1) is 0 Å². The van der Waals surface area contributed by atoms with Gasteiger partial charge in [-0.3, -0.25) is 19.1 Å². The summed E-state index contributed by atoms with van der Waals surface area (Å²) in [5.74, 6) is 0.405. The van der Waals surface area contributed by atoms with E-state index >= 15 is 0 Å². The van der Waals surface area contributed by atoms with Crippen molar-refractivity contribution in [3.8, 4) is 0 Å². The highest BCUT2D eigenvalue weighted by molar-refractivity contribution is 7.99. The molecule has 2 aromatic carbocycles. The van der Waals surface area contributed by atoms with Crippen molar-refractivity contribution in [1.82, 2.24) is 19.4 Å². The topological polar surface area (TPSA) is 58.4 Å². The predicted molar refractivity (Wildman–Crippen MR) is 125 cm³/mol. The van der Waals surface area contributed by atoms with Gasteiger partial charge in [0, 0.05) is 39.3 Å². The molecule has 4 rings (SSSR count). The minimum atomic E-state index is -0.0306. The average Bonchev–Trinajstić information content (AvgIpc) is 2.81. The van der Waals surface area contributed by atoms with Crippen LogP contribution in [0.2, 0.25) is 0 Å².